The number of amides is 1. The number of aryl methyl sites for hydroxylation is 1. The standard InChI is InChI=1S/C11H11N9O/c1-5-7(14-3-2-13-5)10(21)20-19-9-6-4-15-18-8(6)16-11(12)17-9/h2-4H,1H3,(H,20,21)(H4,12,15,16,17,18,19). The number of H-pyrrole nitrogens is 1. The smallest absolute Gasteiger partial charge is 0.290 e. The number of aromatic nitrogens is 6. The number of aromatic amines is 1. The zero-order valence-corrected chi connectivity index (χ0v) is 11.0. The lowest BCUT2D eigenvalue weighted by Crippen LogP contribution is -2.31. The van der Waals surface area contributed by atoms with E-state index in [0.717, 1.165) is 0 Å². The summed E-state index contributed by atoms with van der Waals surface area (Å²) in [5.41, 5.74) is 12.0. The minimum absolute atomic E-state index is 0.0548. The average Bonchev–Trinajstić information content (AvgIpc) is 2.93. The Hall–Kier alpha value is -3.30. The fraction of sp³-hybridized carbons (Fsp3) is 0.0909. The lowest BCUT2D eigenvalue weighted by Gasteiger charge is -2.09. The van der Waals surface area contributed by atoms with Gasteiger partial charge in [-0.3, -0.25) is 25.7 Å². The van der Waals surface area contributed by atoms with Crippen molar-refractivity contribution in [3.05, 3.63) is 30.0 Å². The summed E-state index contributed by atoms with van der Waals surface area (Å²) >= 11 is 0. The zero-order chi connectivity index (χ0) is 14.8. The van der Waals surface area contributed by atoms with Gasteiger partial charge >= 0.3 is 0 Å². The molecule has 10 heteroatoms. The number of hydrogen-bond acceptors (Lipinski definition) is 8. The van der Waals surface area contributed by atoms with Crippen molar-refractivity contribution in [1.29, 1.82) is 0 Å². The number of rotatable bonds is 3. The van der Waals surface area contributed by atoms with E-state index in [1.807, 2.05) is 0 Å². The van der Waals surface area contributed by atoms with Gasteiger partial charge in [-0.2, -0.15) is 15.1 Å². The van der Waals surface area contributed by atoms with Crippen molar-refractivity contribution >= 4 is 28.7 Å². The maximum absolute atomic E-state index is 12.0. The first-order valence-electron chi connectivity index (χ1n) is 5.95. The van der Waals surface area contributed by atoms with Gasteiger partial charge in [-0.15, -0.1) is 0 Å². The van der Waals surface area contributed by atoms with Crippen molar-refractivity contribution in [2.24, 2.45) is 0 Å². The molecule has 0 aliphatic heterocycles. The molecule has 0 fully saturated rings. The first-order valence-corrected chi connectivity index (χ1v) is 5.95. The van der Waals surface area contributed by atoms with E-state index >= 15 is 0 Å². The Morgan fingerprint density at radius 1 is 1.29 bits per heavy atom. The van der Waals surface area contributed by atoms with E-state index in [2.05, 4.69) is 41.0 Å². The summed E-state index contributed by atoms with van der Waals surface area (Å²) in [6, 6.07) is 0. The normalized spacial score (nSPS) is 10.5. The number of carbonyl (C=O) groups excluding carboxylic acids is 1. The number of hydrazine groups is 1. The number of nitrogens with one attached hydrogen (secondary N) is 3. The van der Waals surface area contributed by atoms with Gasteiger partial charge in [0.1, 0.15) is 0 Å². The maximum Gasteiger partial charge on any atom is 0.290 e. The fourth-order valence-electron chi connectivity index (χ4n) is 1.75. The number of nitrogens with zero attached hydrogens (tertiary/aromatic N) is 5. The number of hydrogen-bond donors (Lipinski definition) is 4. The molecule has 1 amide bonds. The van der Waals surface area contributed by atoms with Gasteiger partial charge in [0.25, 0.3) is 5.91 Å². The highest BCUT2D eigenvalue weighted by Gasteiger charge is 2.13. The van der Waals surface area contributed by atoms with Crippen LogP contribution in [0.5, 0.6) is 0 Å². The van der Waals surface area contributed by atoms with Crippen LogP contribution < -0.4 is 16.6 Å². The molecule has 3 aromatic rings. The molecule has 0 saturated carbocycles. The van der Waals surface area contributed by atoms with Crippen LogP contribution in [0.25, 0.3) is 11.0 Å². The third-order valence-electron chi connectivity index (χ3n) is 2.72. The number of nitrogens with two attached hydrogens (primary N) is 1. The summed E-state index contributed by atoms with van der Waals surface area (Å²) < 4.78 is 0. The highest BCUT2D eigenvalue weighted by Crippen LogP contribution is 2.17. The van der Waals surface area contributed by atoms with Crippen molar-refractivity contribution in [2.75, 3.05) is 11.2 Å². The van der Waals surface area contributed by atoms with Crippen LogP contribution in [0, 0.1) is 6.92 Å². The molecule has 106 valence electrons. The first-order chi connectivity index (χ1) is 10.1. The van der Waals surface area contributed by atoms with Gasteiger partial charge < -0.3 is 5.73 Å². The highest BCUT2D eigenvalue weighted by molar-refractivity contribution is 5.95. The number of carbonyl (C=O) groups is 1. The number of nitrogen functional groups attached to an aromatic ring is 1. The maximum atomic E-state index is 12.0. The molecule has 0 aromatic carbocycles. The van der Waals surface area contributed by atoms with Crippen LogP contribution >= 0.6 is 0 Å². The number of anilines is 2. The van der Waals surface area contributed by atoms with Gasteiger partial charge in [-0.25, -0.2) is 4.98 Å². The third kappa shape index (κ3) is 2.41. The molecule has 0 atom stereocenters. The molecule has 0 unspecified atom stereocenters. The van der Waals surface area contributed by atoms with Crippen molar-refractivity contribution in [3.8, 4) is 0 Å². The molecule has 3 heterocycles. The summed E-state index contributed by atoms with van der Waals surface area (Å²) in [6.45, 7) is 1.69. The molecule has 3 aromatic heterocycles. The summed E-state index contributed by atoms with van der Waals surface area (Å²) in [5.74, 6) is -0.0465. The summed E-state index contributed by atoms with van der Waals surface area (Å²) in [6.07, 6.45) is 4.48. The lowest BCUT2D eigenvalue weighted by molar-refractivity contribution is 0.0956. The minimum atomic E-state index is -0.436. The van der Waals surface area contributed by atoms with E-state index in [-0.39, 0.29) is 11.6 Å². The third-order valence-corrected chi connectivity index (χ3v) is 2.72. The molecule has 0 aliphatic rings. The second-order valence-electron chi connectivity index (χ2n) is 4.13. The van der Waals surface area contributed by atoms with Crippen molar-refractivity contribution < 1.29 is 4.79 Å². The molecule has 0 radical (unpaired) electrons. The molecule has 10 nitrogen and oxygen atoms in total. The van der Waals surface area contributed by atoms with Crippen LogP contribution in [0.3, 0.4) is 0 Å². The van der Waals surface area contributed by atoms with E-state index in [4.69, 9.17) is 5.73 Å². The average molecular weight is 285 g/mol. The Bertz CT molecular complexity index is 812. The van der Waals surface area contributed by atoms with E-state index in [9.17, 15) is 4.79 Å². The van der Waals surface area contributed by atoms with Gasteiger partial charge in [0.2, 0.25) is 5.95 Å². The topological polar surface area (TPSA) is 147 Å². The van der Waals surface area contributed by atoms with E-state index in [0.29, 0.717) is 22.5 Å². The molecule has 3 rings (SSSR count). The Morgan fingerprint density at radius 3 is 2.90 bits per heavy atom. The Kier molecular flexibility index (Phi) is 3.03. The predicted octanol–water partition coefficient (Wildman–Crippen LogP) is -0.210. The zero-order valence-electron chi connectivity index (χ0n) is 11.0. The highest BCUT2D eigenvalue weighted by atomic mass is 16.2. The minimum Gasteiger partial charge on any atom is -0.368 e. The first kappa shape index (κ1) is 12.7. The van der Waals surface area contributed by atoms with Gasteiger partial charge in [0.15, 0.2) is 17.2 Å². The molecule has 0 aliphatic carbocycles. The summed E-state index contributed by atoms with van der Waals surface area (Å²) in [7, 11) is 0. The second-order valence-corrected chi connectivity index (χ2v) is 4.13. The molecule has 0 saturated heterocycles. The van der Waals surface area contributed by atoms with Gasteiger partial charge in [0, 0.05) is 12.4 Å². The van der Waals surface area contributed by atoms with Crippen molar-refractivity contribution in [2.45, 2.75) is 6.92 Å². The number of fused-ring (bicyclic) bond motifs is 1. The predicted molar refractivity (Wildman–Crippen MR) is 74.0 cm³/mol. The van der Waals surface area contributed by atoms with E-state index in [1.165, 1.54) is 18.6 Å². The quantitative estimate of drug-likeness (QED) is 0.483. The molecule has 5 N–H and O–H groups in total. The molecule has 0 spiro atoms. The van der Waals surface area contributed by atoms with E-state index < -0.39 is 5.91 Å². The largest absolute Gasteiger partial charge is 0.368 e. The van der Waals surface area contributed by atoms with Crippen LogP contribution in [-0.2, 0) is 0 Å². The van der Waals surface area contributed by atoms with Gasteiger partial charge in [0.05, 0.1) is 17.3 Å². The second kappa shape index (κ2) is 5.00. The summed E-state index contributed by atoms with van der Waals surface area (Å²) in [5, 5.41) is 7.11. The van der Waals surface area contributed by atoms with E-state index in [1.54, 1.807) is 6.92 Å². The Balaban J connectivity index is 1.82. The van der Waals surface area contributed by atoms with Gasteiger partial charge in [-0.1, -0.05) is 0 Å². The van der Waals surface area contributed by atoms with Crippen LogP contribution in [0.4, 0.5) is 11.8 Å². The Morgan fingerprint density at radius 2 is 2.10 bits per heavy atom. The van der Waals surface area contributed by atoms with Crippen molar-refractivity contribution in [3.63, 3.8) is 0 Å². The lowest BCUT2D eigenvalue weighted by atomic mass is 10.3. The fourth-order valence-corrected chi connectivity index (χ4v) is 1.75. The van der Waals surface area contributed by atoms with Crippen LogP contribution in [0.1, 0.15) is 16.2 Å². The molecule has 21 heavy (non-hydrogen) atoms. The van der Waals surface area contributed by atoms with Crippen molar-refractivity contribution in [1.82, 2.24) is 35.6 Å². The molecular formula is C11H11N9O. The van der Waals surface area contributed by atoms with Crippen LogP contribution in [0.15, 0.2) is 18.6 Å². The molecule has 0 bridgehead atoms. The van der Waals surface area contributed by atoms with Gasteiger partial charge in [-0.05, 0) is 6.92 Å². The molecular weight excluding hydrogens is 274 g/mol. The van der Waals surface area contributed by atoms with Crippen LogP contribution in [-0.4, -0.2) is 36.0 Å². The Labute approximate surface area is 118 Å². The SMILES string of the molecule is Cc1nccnc1C(=O)NNc1nc(N)nc2[nH]ncc12. The van der Waals surface area contributed by atoms with Crippen LogP contribution in [0.2, 0.25) is 0 Å². The monoisotopic (exact) mass is 285 g/mol. The summed E-state index contributed by atoms with van der Waals surface area (Å²) in [4.78, 5) is 28.0.